The lowest BCUT2D eigenvalue weighted by Gasteiger charge is -2.18. The number of amides is 2. The molecule has 2 aromatic carbocycles. The molecule has 0 saturated heterocycles. The molecule has 0 bridgehead atoms. The van der Waals surface area contributed by atoms with Crippen molar-refractivity contribution in [1.29, 1.82) is 0 Å². The molecular weight excluding hydrogens is 457 g/mol. The number of aryl methyl sites for hydroxylation is 1. The molecule has 2 N–H and O–H groups in total. The summed E-state index contributed by atoms with van der Waals surface area (Å²) in [6.07, 6.45) is -0.423. The van der Waals surface area contributed by atoms with Crippen molar-refractivity contribution < 1.29 is 18.7 Å². The number of halogens is 1. The number of carbonyl (C=O) groups excluding carboxylic acids is 2. The highest BCUT2D eigenvalue weighted by atomic mass is 32.2. The van der Waals surface area contributed by atoms with Crippen LogP contribution in [-0.2, 0) is 9.59 Å². The van der Waals surface area contributed by atoms with Crippen molar-refractivity contribution in [3.05, 3.63) is 59.7 Å². The van der Waals surface area contributed by atoms with Crippen LogP contribution in [-0.4, -0.2) is 32.3 Å². The summed E-state index contributed by atoms with van der Waals surface area (Å²) >= 11 is 1.28. The predicted octanol–water partition coefficient (Wildman–Crippen LogP) is 5.14. The number of nitrogens with zero attached hydrogens (tertiary/aromatic N) is 3. The highest BCUT2D eigenvalue weighted by Gasteiger charge is 2.22. The van der Waals surface area contributed by atoms with Gasteiger partial charge in [-0.3, -0.25) is 9.59 Å². The molecule has 180 valence electrons. The maximum Gasteiger partial charge on any atom is 0.234 e. The molecule has 1 aromatic heterocycles. The molecule has 0 radical (unpaired) electrons. The minimum atomic E-state index is -0.423. The fourth-order valence-electron chi connectivity index (χ4n) is 3.32. The van der Waals surface area contributed by atoms with Gasteiger partial charge in [-0.25, -0.2) is 4.39 Å². The van der Waals surface area contributed by atoms with Crippen LogP contribution in [0.3, 0.4) is 0 Å². The predicted molar refractivity (Wildman–Crippen MR) is 131 cm³/mol. The smallest absolute Gasteiger partial charge is 0.234 e. The van der Waals surface area contributed by atoms with Gasteiger partial charge in [-0.05, 0) is 75.7 Å². The van der Waals surface area contributed by atoms with Crippen molar-refractivity contribution in [3.63, 3.8) is 0 Å². The molecule has 2 amide bonds. The third-order valence-corrected chi connectivity index (χ3v) is 5.79. The largest absolute Gasteiger partial charge is 0.483 e. The van der Waals surface area contributed by atoms with Crippen LogP contribution < -0.4 is 15.4 Å². The molecule has 1 heterocycles. The zero-order chi connectivity index (χ0) is 24.8. The summed E-state index contributed by atoms with van der Waals surface area (Å²) in [6.45, 7) is 9.16. The molecule has 0 aliphatic carbocycles. The molecule has 10 heteroatoms. The van der Waals surface area contributed by atoms with E-state index in [0.717, 1.165) is 5.56 Å². The maximum absolute atomic E-state index is 13.2. The zero-order valence-electron chi connectivity index (χ0n) is 19.8. The minimum absolute atomic E-state index is 0.0406. The zero-order valence-corrected chi connectivity index (χ0v) is 20.6. The van der Waals surface area contributed by atoms with E-state index in [2.05, 4.69) is 20.8 Å². The first-order valence-corrected chi connectivity index (χ1v) is 11.8. The number of hydrogen-bond donors (Lipinski definition) is 2. The van der Waals surface area contributed by atoms with Gasteiger partial charge in [0.1, 0.15) is 11.6 Å². The van der Waals surface area contributed by atoms with Crippen molar-refractivity contribution in [3.8, 4) is 5.75 Å². The quantitative estimate of drug-likeness (QED) is 0.408. The monoisotopic (exact) mass is 485 g/mol. The highest BCUT2D eigenvalue weighted by molar-refractivity contribution is 7.99. The maximum atomic E-state index is 13.2. The van der Waals surface area contributed by atoms with Gasteiger partial charge < -0.3 is 19.9 Å². The number of carbonyl (C=O) groups is 2. The second kappa shape index (κ2) is 11.1. The number of ether oxygens (including phenoxy) is 1. The molecule has 3 aromatic rings. The van der Waals surface area contributed by atoms with Crippen molar-refractivity contribution in [2.75, 3.05) is 16.4 Å². The molecule has 0 saturated carbocycles. The van der Waals surface area contributed by atoms with Crippen LogP contribution in [0.5, 0.6) is 5.75 Å². The van der Waals surface area contributed by atoms with E-state index in [1.54, 1.807) is 30.3 Å². The summed E-state index contributed by atoms with van der Waals surface area (Å²) in [7, 11) is 0. The lowest BCUT2D eigenvalue weighted by atomic mass is 10.1. The summed E-state index contributed by atoms with van der Waals surface area (Å²) in [4.78, 5) is 23.8. The Labute approximate surface area is 202 Å². The molecule has 1 unspecified atom stereocenters. The van der Waals surface area contributed by atoms with Crippen LogP contribution >= 0.6 is 11.8 Å². The van der Waals surface area contributed by atoms with E-state index >= 15 is 0 Å². The Bertz CT molecular complexity index is 1160. The number of rotatable bonds is 9. The first kappa shape index (κ1) is 25.2. The van der Waals surface area contributed by atoms with Gasteiger partial charge in [-0.1, -0.05) is 11.8 Å². The standard InChI is InChI=1S/C24H28FN5O3S/c1-14(2)30-23(16(4)33-20-9-6-18(25)7-10-20)28-29-24(30)34-13-22(32)27-19-8-11-21(15(3)12-19)26-17(5)31/h6-12,14,16H,13H2,1-5H3,(H,26,31)(H,27,32). The van der Waals surface area contributed by atoms with E-state index in [1.807, 2.05) is 32.3 Å². The van der Waals surface area contributed by atoms with Gasteiger partial charge in [-0.2, -0.15) is 0 Å². The van der Waals surface area contributed by atoms with Crippen molar-refractivity contribution in [1.82, 2.24) is 14.8 Å². The number of nitrogens with one attached hydrogen (secondary N) is 2. The van der Waals surface area contributed by atoms with Gasteiger partial charge in [0.05, 0.1) is 5.75 Å². The average molecular weight is 486 g/mol. The second-order valence-corrected chi connectivity index (χ2v) is 9.01. The number of aromatic nitrogens is 3. The fraction of sp³-hybridized carbons (Fsp3) is 0.333. The lowest BCUT2D eigenvalue weighted by Crippen LogP contribution is -2.17. The fourth-order valence-corrected chi connectivity index (χ4v) is 4.19. The lowest BCUT2D eigenvalue weighted by molar-refractivity contribution is -0.114. The Kier molecular flexibility index (Phi) is 8.27. The summed E-state index contributed by atoms with van der Waals surface area (Å²) < 4.78 is 21.0. The number of anilines is 2. The van der Waals surface area contributed by atoms with Crippen molar-refractivity contribution in [2.45, 2.75) is 51.9 Å². The van der Waals surface area contributed by atoms with E-state index in [4.69, 9.17) is 4.74 Å². The third kappa shape index (κ3) is 6.57. The van der Waals surface area contributed by atoms with E-state index in [1.165, 1.54) is 30.8 Å². The van der Waals surface area contributed by atoms with Crippen molar-refractivity contribution >= 4 is 35.0 Å². The number of benzene rings is 2. The SMILES string of the molecule is CC(=O)Nc1ccc(NC(=O)CSc2nnc(C(C)Oc3ccc(F)cc3)n2C(C)C)cc1C. The van der Waals surface area contributed by atoms with E-state index in [0.29, 0.717) is 28.1 Å². The molecule has 1 atom stereocenters. The summed E-state index contributed by atoms with van der Waals surface area (Å²) in [5, 5.41) is 14.8. The van der Waals surface area contributed by atoms with E-state index in [9.17, 15) is 14.0 Å². The molecule has 0 fully saturated rings. The summed E-state index contributed by atoms with van der Waals surface area (Å²) in [5.41, 5.74) is 2.19. The first-order valence-electron chi connectivity index (χ1n) is 10.8. The van der Waals surface area contributed by atoms with Crippen LogP contribution in [0.2, 0.25) is 0 Å². The van der Waals surface area contributed by atoms with E-state index < -0.39 is 6.10 Å². The number of thioether (sulfide) groups is 1. The first-order chi connectivity index (χ1) is 16.1. The van der Waals surface area contributed by atoms with Gasteiger partial charge in [0.2, 0.25) is 11.8 Å². The molecule has 0 spiro atoms. The van der Waals surface area contributed by atoms with Gasteiger partial charge in [0.25, 0.3) is 0 Å². The Balaban J connectivity index is 1.64. The van der Waals surface area contributed by atoms with Gasteiger partial charge in [0, 0.05) is 24.3 Å². The van der Waals surface area contributed by atoms with Gasteiger partial charge in [-0.15, -0.1) is 10.2 Å². The Hall–Kier alpha value is -3.40. The topological polar surface area (TPSA) is 98.1 Å². The van der Waals surface area contributed by atoms with Crippen molar-refractivity contribution in [2.24, 2.45) is 0 Å². The molecule has 0 aliphatic rings. The average Bonchev–Trinajstić information content (AvgIpc) is 3.20. The number of hydrogen-bond acceptors (Lipinski definition) is 6. The molecule has 3 rings (SSSR count). The third-order valence-electron chi connectivity index (χ3n) is 4.85. The van der Waals surface area contributed by atoms with E-state index in [-0.39, 0.29) is 29.4 Å². The molecular formula is C24H28FN5O3S. The summed E-state index contributed by atoms with van der Waals surface area (Å²) in [5.74, 6) is 0.618. The van der Waals surface area contributed by atoms with Gasteiger partial charge in [0.15, 0.2) is 17.1 Å². The van der Waals surface area contributed by atoms with Crippen LogP contribution in [0.25, 0.3) is 0 Å². The van der Waals surface area contributed by atoms with Gasteiger partial charge >= 0.3 is 0 Å². The van der Waals surface area contributed by atoms with Crippen LogP contribution in [0, 0.1) is 12.7 Å². The van der Waals surface area contributed by atoms with Crippen LogP contribution in [0.1, 0.15) is 51.2 Å². The Morgan fingerprint density at radius 3 is 2.41 bits per heavy atom. The second-order valence-electron chi connectivity index (χ2n) is 8.07. The molecule has 34 heavy (non-hydrogen) atoms. The van der Waals surface area contributed by atoms with Crippen LogP contribution in [0.4, 0.5) is 15.8 Å². The summed E-state index contributed by atoms with van der Waals surface area (Å²) in [6, 6.07) is 11.1. The molecule has 0 aliphatic heterocycles. The Morgan fingerprint density at radius 2 is 1.79 bits per heavy atom. The van der Waals surface area contributed by atoms with Crippen LogP contribution in [0.15, 0.2) is 47.6 Å². The normalized spacial score (nSPS) is 11.9. The highest BCUT2D eigenvalue weighted by Crippen LogP contribution is 2.28. The molecule has 8 nitrogen and oxygen atoms in total. The Morgan fingerprint density at radius 1 is 1.09 bits per heavy atom. The minimum Gasteiger partial charge on any atom is -0.483 e.